The molecule has 0 aliphatic heterocycles. The topological polar surface area (TPSA) is 77.7 Å². The van der Waals surface area contributed by atoms with E-state index in [4.69, 9.17) is 4.74 Å². The van der Waals surface area contributed by atoms with Crippen LogP contribution in [0.2, 0.25) is 0 Å². The summed E-state index contributed by atoms with van der Waals surface area (Å²) in [6.07, 6.45) is 1.71. The zero-order valence-electron chi connectivity index (χ0n) is 15.0. The van der Waals surface area contributed by atoms with Gasteiger partial charge in [-0.2, -0.15) is 0 Å². The number of hydrogen-bond acceptors (Lipinski definition) is 6. The third-order valence-electron chi connectivity index (χ3n) is 3.75. The summed E-state index contributed by atoms with van der Waals surface area (Å²) in [6, 6.07) is 11.9. The first-order valence-corrected chi connectivity index (χ1v) is 9.30. The van der Waals surface area contributed by atoms with Crippen LogP contribution in [0.4, 0.5) is 0 Å². The summed E-state index contributed by atoms with van der Waals surface area (Å²) in [7, 11) is 0. The van der Waals surface area contributed by atoms with Gasteiger partial charge in [0.25, 0.3) is 5.56 Å². The zero-order chi connectivity index (χ0) is 19.4. The van der Waals surface area contributed by atoms with Crippen LogP contribution in [0.25, 0.3) is 5.65 Å². The molecule has 0 saturated heterocycles. The molecular formula is C20H18N2O4S. The molecule has 0 radical (unpaired) electrons. The lowest BCUT2D eigenvalue weighted by atomic mass is 10.2. The Balaban J connectivity index is 1.76. The summed E-state index contributed by atoms with van der Waals surface area (Å²) in [5, 5.41) is 0. The molecule has 0 N–H and O–H groups in total. The maximum atomic E-state index is 12.4. The second-order valence-electron chi connectivity index (χ2n) is 6.08. The molecule has 0 fully saturated rings. The van der Waals surface area contributed by atoms with Crippen LogP contribution in [0.3, 0.4) is 0 Å². The molecule has 6 nitrogen and oxygen atoms in total. The average Bonchev–Trinajstić information content (AvgIpc) is 2.65. The van der Waals surface area contributed by atoms with Gasteiger partial charge in [0, 0.05) is 17.2 Å². The number of carbonyl (C=O) groups excluding carboxylic acids is 2. The Bertz CT molecular complexity index is 1080. The van der Waals surface area contributed by atoms with E-state index in [0.29, 0.717) is 21.8 Å². The fourth-order valence-electron chi connectivity index (χ4n) is 2.49. The first-order valence-electron chi connectivity index (χ1n) is 8.31. The molecule has 2 aromatic heterocycles. The minimum Gasteiger partial charge on any atom is -0.456 e. The van der Waals surface area contributed by atoms with Crippen LogP contribution >= 0.6 is 11.8 Å². The van der Waals surface area contributed by atoms with Crippen LogP contribution in [0.15, 0.2) is 58.4 Å². The lowest BCUT2D eigenvalue weighted by Crippen LogP contribution is -2.17. The number of ketones is 1. The smallest absolute Gasteiger partial charge is 0.339 e. The van der Waals surface area contributed by atoms with E-state index < -0.39 is 5.97 Å². The molecule has 0 unspecified atom stereocenters. The largest absolute Gasteiger partial charge is 0.456 e. The second kappa shape index (κ2) is 8.18. The molecule has 0 aliphatic rings. The van der Waals surface area contributed by atoms with Crippen molar-refractivity contribution in [3.05, 3.63) is 75.8 Å². The number of fused-ring (bicyclic) bond motifs is 1. The summed E-state index contributed by atoms with van der Waals surface area (Å²) in [5.41, 5.74) is 1.98. The fourth-order valence-corrected chi connectivity index (χ4v) is 3.33. The van der Waals surface area contributed by atoms with Crippen LogP contribution < -0.4 is 5.56 Å². The number of carbonyl (C=O) groups is 2. The van der Waals surface area contributed by atoms with Gasteiger partial charge in [-0.05, 0) is 37.6 Å². The van der Waals surface area contributed by atoms with E-state index in [9.17, 15) is 14.4 Å². The molecule has 1 aromatic carbocycles. The van der Waals surface area contributed by atoms with Crippen molar-refractivity contribution in [3.63, 3.8) is 0 Å². The van der Waals surface area contributed by atoms with Crippen LogP contribution in [0, 0.1) is 6.92 Å². The third-order valence-corrected chi connectivity index (χ3v) is 4.97. The molecule has 27 heavy (non-hydrogen) atoms. The zero-order valence-corrected chi connectivity index (χ0v) is 15.8. The van der Waals surface area contributed by atoms with Gasteiger partial charge in [-0.3, -0.25) is 14.0 Å². The highest BCUT2D eigenvalue weighted by Gasteiger charge is 2.14. The Morgan fingerprint density at radius 2 is 1.96 bits per heavy atom. The van der Waals surface area contributed by atoms with Crippen LogP contribution in [0.5, 0.6) is 0 Å². The van der Waals surface area contributed by atoms with E-state index in [1.54, 1.807) is 36.5 Å². The number of hydrogen-bond donors (Lipinski definition) is 0. The lowest BCUT2D eigenvalue weighted by molar-refractivity contribution is -0.114. The molecule has 0 aliphatic carbocycles. The molecule has 0 atom stereocenters. The van der Waals surface area contributed by atoms with Crippen LogP contribution in [-0.2, 0) is 16.1 Å². The molecule has 3 rings (SSSR count). The van der Waals surface area contributed by atoms with Gasteiger partial charge in [0.2, 0.25) is 0 Å². The number of thioether (sulfide) groups is 1. The SMILES string of the molecule is CC(=O)CSc1ccccc1C(=O)OCc1cc(=O)n2cc(C)ccc2n1. The van der Waals surface area contributed by atoms with Gasteiger partial charge in [-0.15, -0.1) is 11.8 Å². The summed E-state index contributed by atoms with van der Waals surface area (Å²) in [6.45, 7) is 3.28. The number of pyridine rings is 1. The standard InChI is InChI=1S/C20H18N2O4S/c1-13-7-8-18-21-15(9-19(24)22(18)10-13)11-26-20(25)16-5-3-4-6-17(16)27-12-14(2)23/h3-10H,11-12H2,1-2H3. The van der Waals surface area contributed by atoms with Gasteiger partial charge in [-0.1, -0.05) is 18.2 Å². The molecule has 2 heterocycles. The van der Waals surface area contributed by atoms with Gasteiger partial charge >= 0.3 is 5.97 Å². The monoisotopic (exact) mass is 382 g/mol. The number of rotatable bonds is 6. The predicted molar refractivity (Wildman–Crippen MR) is 103 cm³/mol. The third kappa shape index (κ3) is 4.62. The molecule has 138 valence electrons. The molecule has 3 aromatic rings. The van der Waals surface area contributed by atoms with Crippen molar-refractivity contribution in [1.82, 2.24) is 9.38 Å². The number of aromatic nitrogens is 2. The van der Waals surface area contributed by atoms with Crippen molar-refractivity contribution in [2.24, 2.45) is 0 Å². The first kappa shape index (κ1) is 18.8. The first-order chi connectivity index (χ1) is 12.9. The summed E-state index contributed by atoms with van der Waals surface area (Å²) in [5.74, 6) is -0.209. The highest BCUT2D eigenvalue weighted by Crippen LogP contribution is 2.23. The normalized spacial score (nSPS) is 10.7. The molecule has 0 saturated carbocycles. The van der Waals surface area contributed by atoms with Crippen molar-refractivity contribution < 1.29 is 14.3 Å². The Hall–Kier alpha value is -2.93. The van der Waals surface area contributed by atoms with Crippen molar-refractivity contribution in [1.29, 1.82) is 0 Å². The maximum absolute atomic E-state index is 12.4. The number of esters is 1. The van der Waals surface area contributed by atoms with Gasteiger partial charge in [-0.25, -0.2) is 9.78 Å². The van der Waals surface area contributed by atoms with Crippen molar-refractivity contribution in [2.75, 3.05) is 5.75 Å². The highest BCUT2D eigenvalue weighted by atomic mass is 32.2. The van der Waals surface area contributed by atoms with Crippen LogP contribution in [0.1, 0.15) is 28.5 Å². The number of Topliss-reactive ketones (excluding diaryl/α,β-unsaturated/α-hetero) is 1. The molecule has 0 spiro atoms. The van der Waals surface area contributed by atoms with E-state index in [1.165, 1.54) is 29.2 Å². The number of ether oxygens (including phenoxy) is 1. The van der Waals surface area contributed by atoms with Gasteiger partial charge in [0.1, 0.15) is 18.0 Å². The van der Waals surface area contributed by atoms with Crippen LogP contribution in [-0.4, -0.2) is 26.9 Å². The Morgan fingerprint density at radius 3 is 2.74 bits per heavy atom. The van der Waals surface area contributed by atoms with E-state index in [0.717, 1.165) is 5.56 Å². The summed E-state index contributed by atoms with van der Waals surface area (Å²) < 4.78 is 6.79. The van der Waals surface area contributed by atoms with E-state index in [-0.39, 0.29) is 23.7 Å². The fraction of sp³-hybridized carbons (Fsp3) is 0.200. The predicted octanol–water partition coefficient (Wildman–Crippen LogP) is 3.04. The number of nitrogens with zero attached hydrogens (tertiary/aromatic N) is 2. The van der Waals surface area contributed by atoms with E-state index in [1.807, 2.05) is 13.0 Å². The quantitative estimate of drug-likeness (QED) is 0.482. The summed E-state index contributed by atoms with van der Waals surface area (Å²) in [4.78, 5) is 40.9. The maximum Gasteiger partial charge on any atom is 0.339 e. The molecular weight excluding hydrogens is 364 g/mol. The Morgan fingerprint density at radius 1 is 1.19 bits per heavy atom. The Kier molecular flexibility index (Phi) is 5.71. The highest BCUT2D eigenvalue weighted by molar-refractivity contribution is 8.00. The molecule has 0 bridgehead atoms. The van der Waals surface area contributed by atoms with E-state index in [2.05, 4.69) is 4.98 Å². The van der Waals surface area contributed by atoms with Gasteiger partial charge < -0.3 is 4.74 Å². The van der Waals surface area contributed by atoms with Gasteiger partial charge in [0.15, 0.2) is 0 Å². The average molecular weight is 382 g/mol. The minimum atomic E-state index is -0.521. The molecule has 7 heteroatoms. The number of aryl methyl sites for hydroxylation is 1. The van der Waals surface area contributed by atoms with Crippen molar-refractivity contribution in [3.8, 4) is 0 Å². The molecule has 0 amide bonds. The van der Waals surface area contributed by atoms with Crippen molar-refractivity contribution in [2.45, 2.75) is 25.3 Å². The second-order valence-corrected chi connectivity index (χ2v) is 7.10. The number of benzene rings is 1. The lowest BCUT2D eigenvalue weighted by Gasteiger charge is -2.09. The Labute approximate surface area is 160 Å². The van der Waals surface area contributed by atoms with Crippen molar-refractivity contribution >= 4 is 29.2 Å². The van der Waals surface area contributed by atoms with E-state index >= 15 is 0 Å². The van der Waals surface area contributed by atoms with Gasteiger partial charge in [0.05, 0.1) is 17.0 Å². The minimum absolute atomic E-state index is 0.0271. The summed E-state index contributed by atoms with van der Waals surface area (Å²) >= 11 is 1.29.